The Morgan fingerprint density at radius 3 is 2.64 bits per heavy atom. The highest BCUT2D eigenvalue weighted by atomic mass is 16.5. The fraction of sp³-hybridized carbons (Fsp3) is 0.857. The molecule has 0 aromatic heterocycles. The first kappa shape index (κ1) is 10.4. The lowest BCUT2D eigenvalue weighted by atomic mass is 10.2. The Morgan fingerprint density at radius 2 is 2.18 bits per heavy atom. The second-order valence-electron chi connectivity index (χ2n) is 2.32. The van der Waals surface area contributed by atoms with Crippen LogP contribution in [0.4, 0.5) is 0 Å². The molecule has 0 aromatic carbocycles. The molecule has 4 heteroatoms. The van der Waals surface area contributed by atoms with E-state index in [0.29, 0.717) is 13.0 Å². The molecule has 0 radical (unpaired) electrons. The minimum atomic E-state index is -0.270. The maximum absolute atomic E-state index is 10.6. The first-order chi connectivity index (χ1) is 5.20. The molecule has 0 bridgehead atoms. The van der Waals surface area contributed by atoms with Gasteiger partial charge >= 0.3 is 5.97 Å². The van der Waals surface area contributed by atoms with Gasteiger partial charge in [0.2, 0.25) is 0 Å². The summed E-state index contributed by atoms with van der Waals surface area (Å²) in [4.78, 5) is 10.6. The van der Waals surface area contributed by atoms with Crippen LogP contribution in [0.25, 0.3) is 0 Å². The van der Waals surface area contributed by atoms with Crippen LogP contribution in [0.3, 0.4) is 0 Å². The van der Waals surface area contributed by atoms with Crippen LogP contribution in [0.5, 0.6) is 0 Å². The van der Waals surface area contributed by atoms with Gasteiger partial charge < -0.3 is 15.2 Å². The Labute approximate surface area is 66.7 Å². The zero-order valence-electron chi connectivity index (χ0n) is 7.00. The van der Waals surface area contributed by atoms with Gasteiger partial charge in [-0.3, -0.25) is 4.79 Å². The number of esters is 1. The first-order valence-corrected chi connectivity index (χ1v) is 3.52. The molecule has 0 aromatic rings. The van der Waals surface area contributed by atoms with E-state index in [9.17, 15) is 4.79 Å². The van der Waals surface area contributed by atoms with Gasteiger partial charge in [-0.1, -0.05) is 0 Å². The molecule has 0 saturated carbocycles. The molecule has 0 heterocycles. The molecule has 4 nitrogen and oxygen atoms in total. The van der Waals surface area contributed by atoms with Crippen LogP contribution in [0.2, 0.25) is 0 Å². The van der Waals surface area contributed by atoms with E-state index in [4.69, 9.17) is 10.5 Å². The summed E-state index contributed by atoms with van der Waals surface area (Å²) < 4.78 is 9.24. The average molecular weight is 161 g/mol. The second kappa shape index (κ2) is 6.12. The summed E-state index contributed by atoms with van der Waals surface area (Å²) in [5, 5.41) is 0. The Kier molecular flexibility index (Phi) is 5.78. The van der Waals surface area contributed by atoms with E-state index >= 15 is 0 Å². The van der Waals surface area contributed by atoms with Crippen LogP contribution < -0.4 is 5.73 Å². The molecule has 0 aliphatic heterocycles. The topological polar surface area (TPSA) is 61.5 Å². The molecule has 1 unspecified atom stereocenters. The van der Waals surface area contributed by atoms with Gasteiger partial charge in [-0.15, -0.1) is 0 Å². The highest BCUT2D eigenvalue weighted by Gasteiger charge is 2.08. The number of hydrogen-bond donors (Lipinski definition) is 1. The van der Waals surface area contributed by atoms with Crippen molar-refractivity contribution in [1.29, 1.82) is 0 Å². The van der Waals surface area contributed by atoms with Crippen LogP contribution in [0.1, 0.15) is 12.8 Å². The highest BCUT2D eigenvalue weighted by Crippen LogP contribution is 1.95. The number of ether oxygens (including phenoxy) is 2. The van der Waals surface area contributed by atoms with E-state index < -0.39 is 0 Å². The monoisotopic (exact) mass is 161 g/mol. The maximum Gasteiger partial charge on any atom is 0.307 e. The zero-order valence-corrected chi connectivity index (χ0v) is 7.00. The fourth-order valence-corrected chi connectivity index (χ4v) is 0.669. The molecule has 0 spiro atoms. The number of rotatable bonds is 5. The molecule has 0 aliphatic rings. The van der Waals surface area contributed by atoms with Crippen molar-refractivity contribution in [3.8, 4) is 0 Å². The van der Waals surface area contributed by atoms with Crippen molar-refractivity contribution < 1.29 is 14.3 Å². The van der Waals surface area contributed by atoms with E-state index in [1.165, 1.54) is 7.11 Å². The minimum absolute atomic E-state index is 0.151. The third-order valence-corrected chi connectivity index (χ3v) is 1.35. The molecule has 0 saturated heterocycles. The van der Waals surface area contributed by atoms with Crippen LogP contribution in [-0.4, -0.2) is 32.8 Å². The Bertz CT molecular complexity index is 116. The number of carbonyl (C=O) groups excluding carboxylic acids is 1. The van der Waals surface area contributed by atoms with Gasteiger partial charge in [0.25, 0.3) is 0 Å². The zero-order chi connectivity index (χ0) is 8.69. The van der Waals surface area contributed by atoms with E-state index in [1.54, 1.807) is 7.11 Å². The van der Waals surface area contributed by atoms with Gasteiger partial charge in [-0.25, -0.2) is 0 Å². The van der Waals surface area contributed by atoms with Gasteiger partial charge in [0.15, 0.2) is 0 Å². The van der Waals surface area contributed by atoms with E-state index in [1.807, 2.05) is 0 Å². The lowest BCUT2D eigenvalue weighted by molar-refractivity contribution is -0.141. The van der Waals surface area contributed by atoms with Crippen LogP contribution in [0.15, 0.2) is 0 Å². The van der Waals surface area contributed by atoms with E-state index in [-0.39, 0.29) is 18.4 Å². The predicted octanol–water partition coefficient (Wildman–Crippen LogP) is -0.0867. The predicted molar refractivity (Wildman–Crippen MR) is 41.1 cm³/mol. The molecule has 1 atom stereocenters. The van der Waals surface area contributed by atoms with Gasteiger partial charge in [0.1, 0.15) is 0 Å². The molecule has 0 rings (SSSR count). The van der Waals surface area contributed by atoms with Gasteiger partial charge in [0.05, 0.1) is 13.5 Å². The van der Waals surface area contributed by atoms with Crippen LogP contribution in [0, 0.1) is 0 Å². The Morgan fingerprint density at radius 1 is 1.55 bits per heavy atom. The highest BCUT2D eigenvalue weighted by molar-refractivity contribution is 5.69. The fourth-order valence-electron chi connectivity index (χ4n) is 0.669. The summed E-state index contributed by atoms with van der Waals surface area (Å²) in [5.74, 6) is -0.270. The van der Waals surface area contributed by atoms with Crippen molar-refractivity contribution >= 4 is 5.97 Å². The first-order valence-electron chi connectivity index (χ1n) is 3.52. The smallest absolute Gasteiger partial charge is 0.307 e. The van der Waals surface area contributed by atoms with Gasteiger partial charge in [-0.05, 0) is 6.42 Å². The molecular weight excluding hydrogens is 146 g/mol. The number of hydrogen-bond acceptors (Lipinski definition) is 4. The molecular formula is C7H15NO3. The summed E-state index contributed by atoms with van der Waals surface area (Å²) in [6.07, 6.45) is 0.950. The lowest BCUT2D eigenvalue weighted by Crippen LogP contribution is -2.25. The summed E-state index contributed by atoms with van der Waals surface area (Å²) in [7, 11) is 2.95. The minimum Gasteiger partial charge on any atom is -0.469 e. The average Bonchev–Trinajstić information content (AvgIpc) is 2.00. The Hall–Kier alpha value is -0.610. The molecule has 11 heavy (non-hydrogen) atoms. The quantitative estimate of drug-likeness (QED) is 0.572. The Balaban J connectivity index is 3.35. The second-order valence-corrected chi connectivity index (χ2v) is 2.32. The number of carbonyl (C=O) groups is 1. The van der Waals surface area contributed by atoms with Crippen molar-refractivity contribution in [2.45, 2.75) is 18.9 Å². The van der Waals surface area contributed by atoms with Crippen molar-refractivity contribution in [3.63, 3.8) is 0 Å². The summed E-state index contributed by atoms with van der Waals surface area (Å²) in [6.45, 7) is 0.582. The lowest BCUT2D eigenvalue weighted by Gasteiger charge is -2.08. The molecule has 2 N–H and O–H groups in total. The summed E-state index contributed by atoms with van der Waals surface area (Å²) in [6, 6.07) is -0.151. The number of methoxy groups -OCH3 is 2. The largest absolute Gasteiger partial charge is 0.469 e. The molecule has 66 valence electrons. The van der Waals surface area contributed by atoms with Crippen molar-refractivity contribution in [3.05, 3.63) is 0 Å². The molecule has 0 amide bonds. The molecule has 0 fully saturated rings. The summed E-state index contributed by atoms with van der Waals surface area (Å²) in [5.41, 5.74) is 5.56. The SMILES string of the molecule is COCCC(N)CC(=O)OC. The number of nitrogens with two attached hydrogens (primary N) is 1. The van der Waals surface area contributed by atoms with Gasteiger partial charge in [-0.2, -0.15) is 0 Å². The standard InChI is InChI=1S/C7H15NO3/c1-10-4-3-6(8)5-7(9)11-2/h6H,3-5,8H2,1-2H3. The van der Waals surface area contributed by atoms with Crippen molar-refractivity contribution in [2.75, 3.05) is 20.8 Å². The normalized spacial score (nSPS) is 12.6. The summed E-state index contributed by atoms with van der Waals surface area (Å²) >= 11 is 0. The third-order valence-electron chi connectivity index (χ3n) is 1.35. The van der Waals surface area contributed by atoms with E-state index in [0.717, 1.165) is 0 Å². The van der Waals surface area contributed by atoms with Crippen LogP contribution in [-0.2, 0) is 14.3 Å². The van der Waals surface area contributed by atoms with Crippen LogP contribution >= 0.6 is 0 Å². The van der Waals surface area contributed by atoms with Crippen molar-refractivity contribution in [1.82, 2.24) is 0 Å². The maximum atomic E-state index is 10.6. The van der Waals surface area contributed by atoms with Crippen molar-refractivity contribution in [2.24, 2.45) is 5.73 Å². The van der Waals surface area contributed by atoms with E-state index in [2.05, 4.69) is 4.74 Å². The van der Waals surface area contributed by atoms with Gasteiger partial charge in [0, 0.05) is 19.8 Å². The third kappa shape index (κ3) is 5.82. The molecule has 0 aliphatic carbocycles.